The number of nitrogens with zero attached hydrogens (tertiary/aromatic N) is 3. The third-order valence-electron chi connectivity index (χ3n) is 2.23. The van der Waals surface area contributed by atoms with Crippen molar-refractivity contribution in [1.82, 2.24) is 15.0 Å². The van der Waals surface area contributed by atoms with E-state index in [-0.39, 0.29) is 0 Å². The molecule has 1 heterocycles. The molecule has 0 radical (unpaired) electrons. The van der Waals surface area contributed by atoms with Crippen molar-refractivity contribution in [3.05, 3.63) is 30.6 Å². The van der Waals surface area contributed by atoms with E-state index in [0.717, 1.165) is 11.4 Å². The predicted octanol–water partition coefficient (Wildman–Crippen LogP) is 1.70. The molecule has 0 spiro atoms. The van der Waals surface area contributed by atoms with E-state index in [1.54, 1.807) is 7.05 Å². The van der Waals surface area contributed by atoms with E-state index in [9.17, 15) is 0 Å². The van der Waals surface area contributed by atoms with Gasteiger partial charge in [0.05, 0.1) is 0 Å². The summed E-state index contributed by atoms with van der Waals surface area (Å²) < 4.78 is 0. The molecule has 0 saturated heterocycles. The van der Waals surface area contributed by atoms with Crippen molar-refractivity contribution in [2.45, 2.75) is 0 Å². The molecule has 1 aromatic heterocycles. The van der Waals surface area contributed by atoms with Crippen molar-refractivity contribution < 1.29 is 0 Å². The van der Waals surface area contributed by atoms with Gasteiger partial charge in [0.25, 0.3) is 0 Å². The molecule has 2 rings (SSSR count). The second-order valence-corrected chi connectivity index (χ2v) is 3.34. The molecule has 0 atom stereocenters. The lowest BCUT2D eigenvalue weighted by Gasteiger charge is -2.06. The number of nitrogens with one attached hydrogen (secondary N) is 3. The Bertz CT molecular complexity index is 482. The van der Waals surface area contributed by atoms with E-state index in [1.165, 1.54) is 6.33 Å². The fourth-order valence-electron chi connectivity index (χ4n) is 1.33. The Hall–Kier alpha value is -2.37. The molecule has 0 saturated carbocycles. The third-order valence-corrected chi connectivity index (χ3v) is 2.23. The minimum absolute atomic E-state index is 0.515. The second-order valence-electron chi connectivity index (χ2n) is 3.34. The maximum atomic E-state index is 4.17. The molecule has 1 aromatic carbocycles. The number of anilines is 4. The summed E-state index contributed by atoms with van der Waals surface area (Å²) in [5.41, 5.74) is 1.99. The molecule has 6 heteroatoms. The summed E-state index contributed by atoms with van der Waals surface area (Å²) in [6.07, 6.45) is 1.46. The van der Waals surface area contributed by atoms with Crippen LogP contribution in [-0.2, 0) is 0 Å². The summed E-state index contributed by atoms with van der Waals surface area (Å²) in [5.74, 6) is 1.05. The molecule has 0 aliphatic heterocycles. The van der Waals surface area contributed by atoms with Crippen LogP contribution in [0.25, 0.3) is 0 Å². The summed E-state index contributed by atoms with van der Waals surface area (Å²) in [4.78, 5) is 12.1. The molecule has 3 N–H and O–H groups in total. The summed E-state index contributed by atoms with van der Waals surface area (Å²) >= 11 is 0. The van der Waals surface area contributed by atoms with Crippen LogP contribution >= 0.6 is 0 Å². The van der Waals surface area contributed by atoms with Crippen LogP contribution in [0.5, 0.6) is 0 Å². The van der Waals surface area contributed by atoms with Gasteiger partial charge in [-0.1, -0.05) is 0 Å². The fourth-order valence-corrected chi connectivity index (χ4v) is 1.33. The number of benzene rings is 1. The standard InChI is InChI=1S/C11H14N6/c1-12-8-3-5-9(6-4-8)16-11-15-7-14-10(13-2)17-11/h3-7,12H,1-2H3,(H2,13,14,15,16,17). The summed E-state index contributed by atoms with van der Waals surface area (Å²) in [6, 6.07) is 7.86. The normalized spacial score (nSPS) is 9.76. The second kappa shape index (κ2) is 5.11. The number of rotatable bonds is 4. The van der Waals surface area contributed by atoms with Gasteiger partial charge in [0.15, 0.2) is 0 Å². The maximum Gasteiger partial charge on any atom is 0.231 e. The zero-order chi connectivity index (χ0) is 12.1. The van der Waals surface area contributed by atoms with Crippen molar-refractivity contribution in [3.63, 3.8) is 0 Å². The van der Waals surface area contributed by atoms with Crippen molar-refractivity contribution in [3.8, 4) is 0 Å². The van der Waals surface area contributed by atoms with E-state index in [2.05, 4.69) is 30.9 Å². The minimum Gasteiger partial charge on any atom is -0.388 e. The van der Waals surface area contributed by atoms with E-state index >= 15 is 0 Å². The van der Waals surface area contributed by atoms with Crippen LogP contribution in [0.15, 0.2) is 30.6 Å². The molecule has 0 unspecified atom stereocenters. The highest BCUT2D eigenvalue weighted by molar-refractivity contribution is 5.58. The van der Waals surface area contributed by atoms with Crippen molar-refractivity contribution in [2.75, 3.05) is 30.0 Å². The van der Waals surface area contributed by atoms with Crippen LogP contribution in [0.2, 0.25) is 0 Å². The first kappa shape index (κ1) is 11.1. The summed E-state index contributed by atoms with van der Waals surface area (Å²) in [7, 11) is 3.65. The average Bonchev–Trinajstić information content (AvgIpc) is 2.40. The molecular weight excluding hydrogens is 216 g/mol. The zero-order valence-corrected chi connectivity index (χ0v) is 9.73. The van der Waals surface area contributed by atoms with E-state index in [0.29, 0.717) is 11.9 Å². The zero-order valence-electron chi connectivity index (χ0n) is 9.73. The lowest BCUT2D eigenvalue weighted by molar-refractivity contribution is 1.05. The lowest BCUT2D eigenvalue weighted by atomic mass is 10.3. The highest BCUT2D eigenvalue weighted by Gasteiger charge is 1.99. The van der Waals surface area contributed by atoms with E-state index in [1.807, 2.05) is 31.3 Å². The number of aromatic nitrogens is 3. The molecule has 0 aliphatic carbocycles. The van der Waals surface area contributed by atoms with Gasteiger partial charge in [-0.05, 0) is 24.3 Å². The largest absolute Gasteiger partial charge is 0.388 e. The topological polar surface area (TPSA) is 74.8 Å². The van der Waals surface area contributed by atoms with Gasteiger partial charge in [0.1, 0.15) is 6.33 Å². The lowest BCUT2D eigenvalue weighted by Crippen LogP contribution is -2.02. The van der Waals surface area contributed by atoms with Gasteiger partial charge in [-0.15, -0.1) is 0 Å². The average molecular weight is 230 g/mol. The number of hydrogen-bond donors (Lipinski definition) is 3. The van der Waals surface area contributed by atoms with Gasteiger partial charge >= 0.3 is 0 Å². The third kappa shape index (κ3) is 2.81. The fraction of sp³-hybridized carbons (Fsp3) is 0.182. The van der Waals surface area contributed by atoms with Crippen molar-refractivity contribution in [2.24, 2.45) is 0 Å². The van der Waals surface area contributed by atoms with Crippen LogP contribution in [-0.4, -0.2) is 29.0 Å². The van der Waals surface area contributed by atoms with Crippen LogP contribution in [0.3, 0.4) is 0 Å². The molecule has 17 heavy (non-hydrogen) atoms. The van der Waals surface area contributed by atoms with Crippen LogP contribution in [0.1, 0.15) is 0 Å². The summed E-state index contributed by atoms with van der Waals surface area (Å²) in [5, 5.41) is 9.02. The monoisotopic (exact) mass is 230 g/mol. The van der Waals surface area contributed by atoms with Crippen LogP contribution in [0.4, 0.5) is 23.3 Å². The molecule has 0 bridgehead atoms. The number of hydrogen-bond acceptors (Lipinski definition) is 6. The van der Waals surface area contributed by atoms with Gasteiger partial charge in [-0.2, -0.15) is 4.98 Å². The Morgan fingerprint density at radius 1 is 0.824 bits per heavy atom. The molecule has 88 valence electrons. The van der Waals surface area contributed by atoms with E-state index < -0.39 is 0 Å². The maximum absolute atomic E-state index is 4.17. The first-order valence-electron chi connectivity index (χ1n) is 5.23. The Balaban J connectivity index is 2.13. The molecule has 0 fully saturated rings. The first-order chi connectivity index (χ1) is 8.31. The molecular formula is C11H14N6. The molecule has 0 aliphatic rings. The first-order valence-corrected chi connectivity index (χ1v) is 5.23. The van der Waals surface area contributed by atoms with Gasteiger partial charge in [0.2, 0.25) is 11.9 Å². The Morgan fingerprint density at radius 2 is 1.47 bits per heavy atom. The highest BCUT2D eigenvalue weighted by Crippen LogP contribution is 2.16. The molecule has 6 nitrogen and oxygen atoms in total. The van der Waals surface area contributed by atoms with Gasteiger partial charge in [-0.3, -0.25) is 0 Å². The summed E-state index contributed by atoms with van der Waals surface area (Å²) in [6.45, 7) is 0. The highest BCUT2D eigenvalue weighted by atomic mass is 15.2. The Labute approximate surface area is 99.5 Å². The van der Waals surface area contributed by atoms with Crippen molar-refractivity contribution >= 4 is 23.3 Å². The molecule has 0 amide bonds. The van der Waals surface area contributed by atoms with Gasteiger partial charge in [-0.25, -0.2) is 9.97 Å². The van der Waals surface area contributed by atoms with Crippen molar-refractivity contribution in [1.29, 1.82) is 0 Å². The van der Waals surface area contributed by atoms with E-state index in [4.69, 9.17) is 0 Å². The Kier molecular flexibility index (Phi) is 3.34. The predicted molar refractivity (Wildman–Crippen MR) is 68.6 cm³/mol. The SMILES string of the molecule is CNc1ccc(Nc2ncnc(NC)n2)cc1. The van der Waals surface area contributed by atoms with Gasteiger partial charge in [0, 0.05) is 25.5 Å². The van der Waals surface area contributed by atoms with Crippen LogP contribution < -0.4 is 16.0 Å². The van der Waals surface area contributed by atoms with Crippen LogP contribution in [0, 0.1) is 0 Å². The molecule has 2 aromatic rings. The quantitative estimate of drug-likeness (QED) is 0.742. The minimum atomic E-state index is 0.515. The van der Waals surface area contributed by atoms with Gasteiger partial charge < -0.3 is 16.0 Å². The Morgan fingerprint density at radius 3 is 2.12 bits per heavy atom. The smallest absolute Gasteiger partial charge is 0.231 e.